The maximum Gasteiger partial charge on any atom is 0.292 e. The number of ether oxygens (including phenoxy) is 2. The summed E-state index contributed by atoms with van der Waals surface area (Å²) in [6.07, 6.45) is 2.86. The van der Waals surface area contributed by atoms with E-state index in [1.54, 1.807) is 18.2 Å². The Morgan fingerprint density at radius 1 is 1.14 bits per heavy atom. The monoisotopic (exact) mass is 398 g/mol. The second-order valence-electron chi connectivity index (χ2n) is 7.36. The van der Waals surface area contributed by atoms with Crippen LogP contribution in [0.4, 0.5) is 11.4 Å². The minimum absolute atomic E-state index is 0.100. The molecule has 1 unspecified atom stereocenters. The third-order valence-electron chi connectivity index (χ3n) is 5.42. The van der Waals surface area contributed by atoms with Crippen LogP contribution < -0.4 is 19.7 Å². The first kappa shape index (κ1) is 19.2. The summed E-state index contributed by atoms with van der Waals surface area (Å²) in [5, 5.41) is 13.9. The predicted octanol–water partition coefficient (Wildman–Crippen LogP) is 2.11. The second-order valence-corrected chi connectivity index (χ2v) is 7.36. The average Bonchev–Trinajstić information content (AvgIpc) is 3.03. The van der Waals surface area contributed by atoms with Crippen molar-refractivity contribution in [1.29, 1.82) is 0 Å². The molecule has 0 aliphatic carbocycles. The molecule has 2 heterocycles. The summed E-state index contributed by atoms with van der Waals surface area (Å²) < 4.78 is 11.5. The highest BCUT2D eigenvalue weighted by Gasteiger charge is 2.32. The Balaban J connectivity index is 1.46. The number of nitro benzene ring substituents is 1. The van der Waals surface area contributed by atoms with Gasteiger partial charge in [0.05, 0.1) is 24.7 Å². The minimum atomic E-state index is -0.487. The van der Waals surface area contributed by atoms with Crippen molar-refractivity contribution in [3.8, 4) is 11.5 Å². The molecule has 0 radical (unpaired) electrons. The van der Waals surface area contributed by atoms with Gasteiger partial charge in [0.2, 0.25) is 0 Å². The minimum Gasteiger partial charge on any atom is -0.490 e. The maximum atomic E-state index is 12.6. The van der Waals surface area contributed by atoms with Crippen LogP contribution in [0.5, 0.6) is 11.5 Å². The van der Waals surface area contributed by atoms with Crippen LogP contribution in [0.2, 0.25) is 0 Å². The van der Waals surface area contributed by atoms with Gasteiger partial charge in [-0.25, -0.2) is 0 Å². The molecule has 2 aromatic rings. The van der Waals surface area contributed by atoms with E-state index in [-0.39, 0.29) is 29.9 Å². The number of nitrogens with one attached hydrogen (secondary N) is 2. The van der Waals surface area contributed by atoms with E-state index < -0.39 is 4.92 Å². The largest absolute Gasteiger partial charge is 0.490 e. The van der Waals surface area contributed by atoms with Gasteiger partial charge < -0.3 is 19.7 Å². The van der Waals surface area contributed by atoms with Crippen molar-refractivity contribution >= 4 is 17.3 Å². The van der Waals surface area contributed by atoms with Gasteiger partial charge in [-0.15, -0.1) is 0 Å². The van der Waals surface area contributed by atoms with Gasteiger partial charge >= 0.3 is 0 Å². The number of para-hydroxylation sites is 2. The van der Waals surface area contributed by atoms with Crippen molar-refractivity contribution < 1.29 is 24.1 Å². The Morgan fingerprint density at radius 2 is 1.93 bits per heavy atom. The Kier molecular flexibility index (Phi) is 5.62. The van der Waals surface area contributed by atoms with Gasteiger partial charge in [0.25, 0.3) is 11.6 Å². The number of carbonyl (C=O) groups excluding carboxylic acids is 1. The summed E-state index contributed by atoms with van der Waals surface area (Å²) in [4.78, 5) is 24.4. The molecule has 2 aliphatic rings. The quantitative estimate of drug-likeness (QED) is 0.594. The Labute approximate surface area is 168 Å². The van der Waals surface area contributed by atoms with Crippen LogP contribution in [0, 0.1) is 10.1 Å². The first-order valence-electron chi connectivity index (χ1n) is 9.89. The molecule has 8 heteroatoms. The van der Waals surface area contributed by atoms with E-state index in [0.29, 0.717) is 13.2 Å². The van der Waals surface area contributed by atoms with Gasteiger partial charge in [-0.2, -0.15) is 0 Å². The van der Waals surface area contributed by atoms with Crippen molar-refractivity contribution in [3.05, 3.63) is 58.1 Å². The van der Waals surface area contributed by atoms with E-state index in [2.05, 4.69) is 5.32 Å². The van der Waals surface area contributed by atoms with Crippen molar-refractivity contribution in [3.63, 3.8) is 0 Å². The lowest BCUT2D eigenvalue weighted by Gasteiger charge is -2.22. The van der Waals surface area contributed by atoms with Crippen molar-refractivity contribution in [2.45, 2.75) is 25.3 Å². The van der Waals surface area contributed by atoms with E-state index in [9.17, 15) is 14.9 Å². The van der Waals surface area contributed by atoms with E-state index in [4.69, 9.17) is 9.47 Å². The molecule has 1 saturated heterocycles. The number of nitro groups is 1. The van der Waals surface area contributed by atoms with Gasteiger partial charge in [-0.05, 0) is 24.3 Å². The molecule has 4 rings (SSSR count). The van der Waals surface area contributed by atoms with Crippen molar-refractivity contribution in [2.75, 3.05) is 31.6 Å². The zero-order valence-corrected chi connectivity index (χ0v) is 16.1. The number of rotatable bonds is 5. The predicted molar refractivity (Wildman–Crippen MR) is 106 cm³/mol. The first-order chi connectivity index (χ1) is 14.1. The number of nitrogens with zero attached hydrogens (tertiary/aromatic N) is 1. The van der Waals surface area contributed by atoms with E-state index in [1.165, 1.54) is 6.07 Å². The van der Waals surface area contributed by atoms with E-state index in [1.807, 2.05) is 18.2 Å². The number of anilines is 1. The molecule has 8 nitrogen and oxygen atoms in total. The molecule has 2 aliphatic heterocycles. The Hall–Kier alpha value is -3.13. The SMILES string of the molecule is O=C(C[NH+]1CCC[C@H]1c1ccc2c(c1)OCCCO2)Nc1ccccc1[N+](=O)[O-]. The van der Waals surface area contributed by atoms with Crippen LogP contribution in [0.25, 0.3) is 0 Å². The summed E-state index contributed by atoms with van der Waals surface area (Å²) in [6.45, 7) is 2.42. The van der Waals surface area contributed by atoms with Crippen LogP contribution in [-0.4, -0.2) is 37.1 Å². The number of amides is 1. The Bertz CT molecular complexity index is 917. The molecule has 1 amide bonds. The zero-order valence-electron chi connectivity index (χ0n) is 16.1. The number of hydrogen-bond donors (Lipinski definition) is 2. The fraction of sp³-hybridized carbons (Fsp3) is 0.381. The fourth-order valence-electron chi connectivity index (χ4n) is 4.06. The normalized spacial score (nSPS) is 20.7. The molecule has 1 fully saturated rings. The molecule has 0 spiro atoms. The maximum absolute atomic E-state index is 12.6. The van der Waals surface area contributed by atoms with Gasteiger partial charge in [-0.1, -0.05) is 12.1 Å². The van der Waals surface area contributed by atoms with Gasteiger partial charge in [0.1, 0.15) is 11.7 Å². The highest BCUT2D eigenvalue weighted by Crippen LogP contribution is 2.33. The lowest BCUT2D eigenvalue weighted by molar-refractivity contribution is -0.910. The molecule has 152 valence electrons. The summed E-state index contributed by atoms with van der Waals surface area (Å²) in [6, 6.07) is 12.4. The molecule has 0 aromatic heterocycles. The molecule has 2 N–H and O–H groups in total. The number of hydrogen-bond acceptors (Lipinski definition) is 5. The summed E-state index contributed by atoms with van der Waals surface area (Å²) in [5.74, 6) is 1.30. The fourth-order valence-corrected chi connectivity index (χ4v) is 4.06. The Morgan fingerprint density at radius 3 is 2.76 bits per heavy atom. The lowest BCUT2D eigenvalue weighted by atomic mass is 10.0. The van der Waals surface area contributed by atoms with Crippen molar-refractivity contribution in [1.82, 2.24) is 0 Å². The van der Waals surface area contributed by atoms with E-state index in [0.717, 1.165) is 47.8 Å². The highest BCUT2D eigenvalue weighted by atomic mass is 16.6. The van der Waals surface area contributed by atoms with Gasteiger partial charge in [-0.3, -0.25) is 14.9 Å². The smallest absolute Gasteiger partial charge is 0.292 e. The standard InChI is InChI=1S/C21H23N3O5/c25-21(22-16-5-1-2-6-18(16)24(26)27)14-23-10-3-7-17(23)15-8-9-19-20(13-15)29-12-4-11-28-19/h1-2,5-6,8-9,13,17H,3-4,7,10-12,14H2,(H,22,25)/p+1/t17-/m0/s1. The first-order valence-corrected chi connectivity index (χ1v) is 9.89. The highest BCUT2D eigenvalue weighted by molar-refractivity contribution is 5.93. The molecular formula is C21H24N3O5+. The van der Waals surface area contributed by atoms with Crippen LogP contribution in [0.15, 0.2) is 42.5 Å². The topological polar surface area (TPSA) is 95.1 Å². The number of fused-ring (bicyclic) bond motifs is 1. The number of quaternary nitrogens is 1. The van der Waals surface area contributed by atoms with E-state index >= 15 is 0 Å². The molecular weight excluding hydrogens is 374 g/mol. The summed E-state index contributed by atoms with van der Waals surface area (Å²) in [5.41, 5.74) is 1.25. The molecule has 2 atom stereocenters. The molecule has 0 bridgehead atoms. The summed E-state index contributed by atoms with van der Waals surface area (Å²) in [7, 11) is 0. The second kappa shape index (κ2) is 8.48. The number of carbonyl (C=O) groups is 1. The zero-order chi connectivity index (χ0) is 20.2. The van der Waals surface area contributed by atoms with Crippen LogP contribution in [0.3, 0.4) is 0 Å². The summed E-state index contributed by atoms with van der Waals surface area (Å²) >= 11 is 0. The lowest BCUT2D eigenvalue weighted by Crippen LogP contribution is -3.11. The molecule has 2 aromatic carbocycles. The van der Waals surface area contributed by atoms with Crippen LogP contribution in [-0.2, 0) is 4.79 Å². The third kappa shape index (κ3) is 4.32. The number of likely N-dealkylation sites (tertiary alicyclic amines) is 1. The average molecular weight is 398 g/mol. The van der Waals surface area contributed by atoms with Crippen LogP contribution >= 0.6 is 0 Å². The molecule has 29 heavy (non-hydrogen) atoms. The van der Waals surface area contributed by atoms with Gasteiger partial charge in [0, 0.05) is 30.9 Å². The van der Waals surface area contributed by atoms with Gasteiger partial charge in [0.15, 0.2) is 18.0 Å². The molecule has 0 saturated carbocycles. The number of benzene rings is 2. The van der Waals surface area contributed by atoms with Crippen LogP contribution in [0.1, 0.15) is 30.9 Å². The van der Waals surface area contributed by atoms with Crippen molar-refractivity contribution in [2.24, 2.45) is 0 Å². The third-order valence-corrected chi connectivity index (χ3v) is 5.42.